The molecule has 1 aromatic carbocycles. The third kappa shape index (κ3) is 4.36. The van der Waals surface area contributed by atoms with E-state index in [9.17, 15) is 9.59 Å². The van der Waals surface area contributed by atoms with E-state index in [1.54, 1.807) is 4.57 Å². The Morgan fingerprint density at radius 2 is 1.79 bits per heavy atom. The first-order valence-electron chi connectivity index (χ1n) is 11.4. The predicted molar refractivity (Wildman–Crippen MR) is 128 cm³/mol. The third-order valence-corrected chi connectivity index (χ3v) is 6.42. The molecule has 168 valence electrons. The molecule has 1 fully saturated rings. The van der Waals surface area contributed by atoms with Crippen molar-refractivity contribution in [2.24, 2.45) is 7.05 Å². The summed E-state index contributed by atoms with van der Waals surface area (Å²) in [6, 6.07) is 19.6. The fourth-order valence-electron chi connectivity index (χ4n) is 4.67. The number of aromatic nitrogens is 4. The summed E-state index contributed by atoms with van der Waals surface area (Å²) >= 11 is 0. The number of hydrogen-bond donors (Lipinski definition) is 0. The van der Waals surface area contributed by atoms with Crippen molar-refractivity contribution in [3.8, 4) is 0 Å². The molecule has 7 heteroatoms. The molecule has 0 N–H and O–H groups in total. The van der Waals surface area contributed by atoms with Crippen LogP contribution in [0.1, 0.15) is 35.7 Å². The minimum absolute atomic E-state index is 0.246. The van der Waals surface area contributed by atoms with Gasteiger partial charge >= 0.3 is 5.69 Å². The van der Waals surface area contributed by atoms with Crippen LogP contribution in [-0.4, -0.2) is 37.1 Å². The van der Waals surface area contributed by atoms with E-state index in [1.807, 2.05) is 60.8 Å². The van der Waals surface area contributed by atoms with E-state index in [2.05, 4.69) is 16.0 Å². The highest BCUT2D eigenvalue weighted by Crippen LogP contribution is 2.27. The summed E-state index contributed by atoms with van der Waals surface area (Å²) in [6.07, 6.45) is 3.93. The number of piperidine rings is 1. The topological polar surface area (TPSA) is 73.0 Å². The van der Waals surface area contributed by atoms with Gasteiger partial charge in [0.05, 0.1) is 17.6 Å². The first kappa shape index (κ1) is 21.3. The van der Waals surface area contributed by atoms with Crippen LogP contribution in [0.3, 0.4) is 0 Å². The largest absolute Gasteiger partial charge is 0.332 e. The van der Waals surface area contributed by atoms with Gasteiger partial charge in [0.2, 0.25) is 0 Å². The van der Waals surface area contributed by atoms with Crippen LogP contribution in [0.4, 0.5) is 0 Å². The van der Waals surface area contributed by atoms with Gasteiger partial charge in [0.15, 0.2) is 0 Å². The second-order valence-electron chi connectivity index (χ2n) is 8.72. The molecule has 0 radical (unpaired) electrons. The third-order valence-electron chi connectivity index (χ3n) is 6.42. The Kier molecular flexibility index (Phi) is 5.88. The highest BCUT2D eigenvalue weighted by molar-refractivity contribution is 5.74. The Hall–Kier alpha value is -3.58. The maximum Gasteiger partial charge on any atom is 0.332 e. The van der Waals surface area contributed by atoms with Gasteiger partial charge in [0, 0.05) is 37.9 Å². The SMILES string of the molecule is Cn1c(=O)c2ccc([C@H]3CCCN(Cc4ccccn4)C3)nc2n(Cc2ccccc2)c1=O. The van der Waals surface area contributed by atoms with Gasteiger partial charge in [-0.1, -0.05) is 36.4 Å². The van der Waals surface area contributed by atoms with E-state index in [0.717, 1.165) is 49.4 Å². The second-order valence-corrected chi connectivity index (χ2v) is 8.72. The molecule has 0 aliphatic carbocycles. The number of hydrogen-bond acceptors (Lipinski definition) is 5. The molecule has 4 heterocycles. The first-order valence-corrected chi connectivity index (χ1v) is 11.4. The smallest absolute Gasteiger partial charge is 0.297 e. The zero-order valence-electron chi connectivity index (χ0n) is 18.7. The molecule has 4 aromatic rings. The summed E-state index contributed by atoms with van der Waals surface area (Å²) < 4.78 is 2.78. The molecule has 33 heavy (non-hydrogen) atoms. The first-order chi connectivity index (χ1) is 16.1. The number of likely N-dealkylation sites (tertiary alicyclic amines) is 1. The summed E-state index contributed by atoms with van der Waals surface area (Å²) in [4.78, 5) is 37.6. The molecule has 0 unspecified atom stereocenters. The Bertz CT molecular complexity index is 1380. The molecule has 0 bridgehead atoms. The van der Waals surface area contributed by atoms with Gasteiger partial charge in [-0.25, -0.2) is 9.78 Å². The van der Waals surface area contributed by atoms with E-state index in [-0.39, 0.29) is 17.2 Å². The summed E-state index contributed by atoms with van der Waals surface area (Å²) in [5.74, 6) is 0.246. The summed E-state index contributed by atoms with van der Waals surface area (Å²) in [5.41, 5.74) is 2.80. The van der Waals surface area contributed by atoms with Crippen molar-refractivity contribution in [3.05, 3.63) is 105 Å². The van der Waals surface area contributed by atoms with Gasteiger partial charge in [0.1, 0.15) is 5.65 Å². The Balaban J connectivity index is 1.50. The number of benzene rings is 1. The highest BCUT2D eigenvalue weighted by Gasteiger charge is 2.24. The van der Waals surface area contributed by atoms with Crippen molar-refractivity contribution in [1.82, 2.24) is 24.0 Å². The van der Waals surface area contributed by atoms with Crippen molar-refractivity contribution >= 4 is 11.0 Å². The molecule has 0 amide bonds. The number of fused-ring (bicyclic) bond motifs is 1. The summed E-state index contributed by atoms with van der Waals surface area (Å²) in [7, 11) is 1.52. The lowest BCUT2D eigenvalue weighted by Crippen LogP contribution is -2.39. The van der Waals surface area contributed by atoms with Crippen LogP contribution in [-0.2, 0) is 20.1 Å². The standard InChI is InChI=1S/C26H27N5O2/c1-29-25(32)22-12-13-23(20-10-7-15-30(17-20)18-21-11-5-6-14-27-21)28-24(22)31(26(29)33)16-19-8-3-2-4-9-19/h2-6,8-9,11-14,20H,7,10,15-18H2,1H3/t20-/m0/s1. The summed E-state index contributed by atoms with van der Waals surface area (Å²) in [5, 5.41) is 0.470. The molecular weight excluding hydrogens is 414 g/mol. The Morgan fingerprint density at radius 3 is 2.58 bits per heavy atom. The average Bonchev–Trinajstić information content (AvgIpc) is 2.86. The maximum atomic E-state index is 13.0. The van der Waals surface area contributed by atoms with Gasteiger partial charge in [-0.15, -0.1) is 0 Å². The van der Waals surface area contributed by atoms with E-state index >= 15 is 0 Å². The van der Waals surface area contributed by atoms with Gasteiger partial charge in [-0.2, -0.15) is 0 Å². The van der Waals surface area contributed by atoms with Crippen LogP contribution >= 0.6 is 0 Å². The minimum Gasteiger partial charge on any atom is -0.297 e. The molecule has 1 atom stereocenters. The van der Waals surface area contributed by atoms with Crippen LogP contribution in [0.5, 0.6) is 0 Å². The molecule has 7 nitrogen and oxygen atoms in total. The number of pyridine rings is 2. The van der Waals surface area contributed by atoms with Crippen LogP contribution in [0.15, 0.2) is 76.4 Å². The fraction of sp³-hybridized carbons (Fsp3) is 0.308. The molecule has 1 aliphatic heterocycles. The van der Waals surface area contributed by atoms with Crippen molar-refractivity contribution < 1.29 is 0 Å². The molecule has 0 spiro atoms. The molecule has 1 saturated heterocycles. The van der Waals surface area contributed by atoms with Crippen molar-refractivity contribution in [2.75, 3.05) is 13.1 Å². The van der Waals surface area contributed by atoms with Gasteiger partial charge < -0.3 is 0 Å². The van der Waals surface area contributed by atoms with Crippen molar-refractivity contribution in [3.63, 3.8) is 0 Å². The van der Waals surface area contributed by atoms with Crippen molar-refractivity contribution in [2.45, 2.75) is 31.8 Å². The lowest BCUT2D eigenvalue weighted by Gasteiger charge is -2.32. The average molecular weight is 442 g/mol. The highest BCUT2D eigenvalue weighted by atomic mass is 16.2. The lowest BCUT2D eigenvalue weighted by molar-refractivity contribution is 0.196. The number of nitrogens with zero attached hydrogens (tertiary/aromatic N) is 5. The zero-order chi connectivity index (χ0) is 22.8. The fourth-order valence-corrected chi connectivity index (χ4v) is 4.67. The van der Waals surface area contributed by atoms with E-state index in [4.69, 9.17) is 4.98 Å². The second kappa shape index (κ2) is 9.11. The Morgan fingerprint density at radius 1 is 0.970 bits per heavy atom. The van der Waals surface area contributed by atoms with E-state index < -0.39 is 0 Å². The van der Waals surface area contributed by atoms with Crippen LogP contribution in [0.2, 0.25) is 0 Å². The maximum absolute atomic E-state index is 13.0. The Labute approximate surface area is 192 Å². The molecular formula is C26H27N5O2. The summed E-state index contributed by atoms with van der Waals surface area (Å²) in [6.45, 7) is 3.09. The van der Waals surface area contributed by atoms with Crippen LogP contribution in [0, 0.1) is 0 Å². The molecule has 3 aromatic heterocycles. The van der Waals surface area contributed by atoms with Crippen LogP contribution < -0.4 is 11.2 Å². The minimum atomic E-state index is -0.346. The predicted octanol–water partition coefficient (Wildman–Crippen LogP) is 2.92. The molecule has 1 aliphatic rings. The number of rotatable bonds is 5. The quantitative estimate of drug-likeness (QED) is 0.476. The molecule has 0 saturated carbocycles. The molecule has 5 rings (SSSR count). The lowest BCUT2D eigenvalue weighted by atomic mass is 9.94. The van der Waals surface area contributed by atoms with E-state index in [0.29, 0.717) is 17.6 Å². The van der Waals surface area contributed by atoms with E-state index in [1.165, 1.54) is 11.6 Å². The normalized spacial score (nSPS) is 16.8. The zero-order valence-corrected chi connectivity index (χ0v) is 18.7. The van der Waals surface area contributed by atoms with Crippen molar-refractivity contribution in [1.29, 1.82) is 0 Å². The van der Waals surface area contributed by atoms with Gasteiger partial charge in [-0.05, 0) is 49.2 Å². The monoisotopic (exact) mass is 441 g/mol. The van der Waals surface area contributed by atoms with Gasteiger partial charge in [-0.3, -0.25) is 23.8 Å². The van der Waals surface area contributed by atoms with Gasteiger partial charge in [0.25, 0.3) is 5.56 Å². The van der Waals surface area contributed by atoms with Crippen LogP contribution in [0.25, 0.3) is 11.0 Å².